The number of carboxylic acids is 1. The Labute approximate surface area is 90.3 Å². The number of hydrogen-bond donors (Lipinski definition) is 1. The molecule has 1 aromatic rings. The zero-order chi connectivity index (χ0) is 11.4. The number of hydrogen-bond acceptors (Lipinski definition) is 1. The lowest BCUT2D eigenvalue weighted by Crippen LogP contribution is -1.99. The first kappa shape index (κ1) is 11.5. The standard InChI is InChI=1S/C13H16O2/c1-4-11(13(14)15)8-12-6-5-9(2)7-10(12)3/h5-8H,4H2,1-3H3,(H,14,15)/b11-8+. The van der Waals surface area contributed by atoms with Crippen LogP contribution in [0, 0.1) is 13.8 Å². The molecule has 0 heterocycles. The van der Waals surface area contributed by atoms with Gasteiger partial charge in [-0.2, -0.15) is 0 Å². The Morgan fingerprint density at radius 1 is 1.40 bits per heavy atom. The summed E-state index contributed by atoms with van der Waals surface area (Å²) in [5.41, 5.74) is 3.74. The van der Waals surface area contributed by atoms with E-state index in [9.17, 15) is 4.79 Å². The number of benzene rings is 1. The first-order valence-electron chi connectivity index (χ1n) is 5.05. The number of rotatable bonds is 3. The summed E-state index contributed by atoms with van der Waals surface area (Å²) in [4.78, 5) is 10.8. The maximum Gasteiger partial charge on any atom is 0.331 e. The summed E-state index contributed by atoms with van der Waals surface area (Å²) >= 11 is 0. The van der Waals surface area contributed by atoms with Crippen LogP contribution in [0.3, 0.4) is 0 Å². The fourth-order valence-corrected chi connectivity index (χ4v) is 1.49. The quantitative estimate of drug-likeness (QED) is 0.768. The monoisotopic (exact) mass is 204 g/mol. The Balaban J connectivity index is 3.12. The van der Waals surface area contributed by atoms with Gasteiger partial charge in [0.05, 0.1) is 0 Å². The van der Waals surface area contributed by atoms with E-state index < -0.39 is 5.97 Å². The third-order valence-electron chi connectivity index (χ3n) is 2.41. The average Bonchev–Trinajstić information content (AvgIpc) is 2.16. The van der Waals surface area contributed by atoms with Gasteiger partial charge in [-0.3, -0.25) is 0 Å². The number of aryl methyl sites for hydroxylation is 2. The highest BCUT2D eigenvalue weighted by atomic mass is 16.4. The first-order chi connectivity index (χ1) is 7.04. The predicted octanol–water partition coefficient (Wildman–Crippen LogP) is 3.18. The molecule has 80 valence electrons. The third kappa shape index (κ3) is 2.94. The third-order valence-corrected chi connectivity index (χ3v) is 2.41. The summed E-state index contributed by atoms with van der Waals surface area (Å²) in [5, 5.41) is 8.91. The van der Waals surface area contributed by atoms with E-state index in [1.807, 2.05) is 32.9 Å². The van der Waals surface area contributed by atoms with Crippen molar-refractivity contribution in [3.8, 4) is 0 Å². The maximum atomic E-state index is 10.8. The van der Waals surface area contributed by atoms with Crippen molar-refractivity contribution < 1.29 is 9.90 Å². The van der Waals surface area contributed by atoms with Crippen LogP contribution in [0.25, 0.3) is 6.08 Å². The zero-order valence-corrected chi connectivity index (χ0v) is 9.37. The normalized spacial score (nSPS) is 11.5. The average molecular weight is 204 g/mol. The summed E-state index contributed by atoms with van der Waals surface area (Å²) < 4.78 is 0. The van der Waals surface area contributed by atoms with Crippen molar-refractivity contribution in [3.05, 3.63) is 40.5 Å². The molecule has 0 atom stereocenters. The van der Waals surface area contributed by atoms with E-state index >= 15 is 0 Å². The SMILES string of the molecule is CC/C(=C\c1ccc(C)cc1C)C(=O)O. The Morgan fingerprint density at radius 3 is 2.53 bits per heavy atom. The maximum absolute atomic E-state index is 10.8. The van der Waals surface area contributed by atoms with E-state index in [1.54, 1.807) is 6.08 Å². The summed E-state index contributed by atoms with van der Waals surface area (Å²) in [5.74, 6) is -0.836. The topological polar surface area (TPSA) is 37.3 Å². The predicted molar refractivity (Wildman–Crippen MR) is 61.8 cm³/mol. The van der Waals surface area contributed by atoms with E-state index in [0.717, 1.165) is 11.1 Å². The highest BCUT2D eigenvalue weighted by Crippen LogP contribution is 2.15. The highest BCUT2D eigenvalue weighted by Gasteiger charge is 2.05. The number of carboxylic acid groups (broad SMARTS) is 1. The summed E-state index contributed by atoms with van der Waals surface area (Å²) in [7, 11) is 0. The van der Waals surface area contributed by atoms with Gasteiger partial charge in [0.15, 0.2) is 0 Å². The van der Waals surface area contributed by atoms with E-state index in [0.29, 0.717) is 12.0 Å². The molecule has 2 nitrogen and oxygen atoms in total. The molecule has 1 aromatic carbocycles. The highest BCUT2D eigenvalue weighted by molar-refractivity contribution is 5.92. The molecule has 0 radical (unpaired) electrons. The molecule has 0 aliphatic carbocycles. The Bertz CT molecular complexity index is 403. The molecule has 0 amide bonds. The molecule has 0 aliphatic rings. The number of carbonyl (C=O) groups is 1. The molecule has 2 heteroatoms. The second-order valence-corrected chi connectivity index (χ2v) is 3.69. The Morgan fingerprint density at radius 2 is 2.07 bits per heavy atom. The fraction of sp³-hybridized carbons (Fsp3) is 0.308. The molecule has 0 aromatic heterocycles. The lowest BCUT2D eigenvalue weighted by molar-refractivity contribution is -0.132. The number of aliphatic carboxylic acids is 1. The van der Waals surface area contributed by atoms with Crippen LogP contribution in [0.5, 0.6) is 0 Å². The molecule has 0 aliphatic heterocycles. The molecule has 1 rings (SSSR count). The van der Waals surface area contributed by atoms with Crippen LogP contribution in [0.2, 0.25) is 0 Å². The van der Waals surface area contributed by atoms with Crippen LogP contribution < -0.4 is 0 Å². The molecule has 0 bridgehead atoms. The Kier molecular flexibility index (Phi) is 3.67. The van der Waals surface area contributed by atoms with Crippen LogP contribution >= 0.6 is 0 Å². The molecule has 15 heavy (non-hydrogen) atoms. The summed E-state index contributed by atoms with van der Waals surface area (Å²) in [6, 6.07) is 6.01. The van der Waals surface area contributed by atoms with Gasteiger partial charge in [-0.25, -0.2) is 4.79 Å². The summed E-state index contributed by atoms with van der Waals surface area (Å²) in [6.45, 7) is 5.87. The van der Waals surface area contributed by atoms with Gasteiger partial charge in [0.2, 0.25) is 0 Å². The van der Waals surface area contributed by atoms with Crippen molar-refractivity contribution in [2.24, 2.45) is 0 Å². The van der Waals surface area contributed by atoms with E-state index in [4.69, 9.17) is 5.11 Å². The molecule has 0 fully saturated rings. The molecular weight excluding hydrogens is 188 g/mol. The first-order valence-corrected chi connectivity index (χ1v) is 5.05. The van der Waals surface area contributed by atoms with Gasteiger partial charge in [0.1, 0.15) is 0 Å². The van der Waals surface area contributed by atoms with Crippen LogP contribution in [0.15, 0.2) is 23.8 Å². The molecular formula is C13H16O2. The second kappa shape index (κ2) is 4.78. The molecule has 0 spiro atoms. The second-order valence-electron chi connectivity index (χ2n) is 3.69. The van der Waals surface area contributed by atoms with Crippen molar-refractivity contribution in [3.63, 3.8) is 0 Å². The van der Waals surface area contributed by atoms with Gasteiger partial charge in [-0.1, -0.05) is 30.7 Å². The minimum atomic E-state index is -0.836. The van der Waals surface area contributed by atoms with Crippen LogP contribution in [-0.4, -0.2) is 11.1 Å². The van der Waals surface area contributed by atoms with Crippen LogP contribution in [0.1, 0.15) is 30.0 Å². The van der Waals surface area contributed by atoms with Gasteiger partial charge >= 0.3 is 5.97 Å². The van der Waals surface area contributed by atoms with Gasteiger partial charge in [0, 0.05) is 5.57 Å². The van der Waals surface area contributed by atoms with E-state index in [2.05, 4.69) is 6.07 Å². The minimum Gasteiger partial charge on any atom is -0.478 e. The largest absolute Gasteiger partial charge is 0.478 e. The summed E-state index contributed by atoms with van der Waals surface area (Å²) in [6.07, 6.45) is 2.29. The molecule has 0 saturated carbocycles. The zero-order valence-electron chi connectivity index (χ0n) is 9.37. The minimum absolute atomic E-state index is 0.446. The fourth-order valence-electron chi connectivity index (χ4n) is 1.49. The van der Waals surface area contributed by atoms with Crippen molar-refractivity contribution >= 4 is 12.0 Å². The Hall–Kier alpha value is -1.57. The van der Waals surface area contributed by atoms with Crippen LogP contribution in [-0.2, 0) is 4.79 Å². The lowest BCUT2D eigenvalue weighted by atomic mass is 10.0. The lowest BCUT2D eigenvalue weighted by Gasteiger charge is -2.03. The van der Waals surface area contributed by atoms with Gasteiger partial charge in [0.25, 0.3) is 0 Å². The van der Waals surface area contributed by atoms with Gasteiger partial charge in [-0.05, 0) is 37.5 Å². The smallest absolute Gasteiger partial charge is 0.331 e. The van der Waals surface area contributed by atoms with Crippen molar-refractivity contribution in [1.29, 1.82) is 0 Å². The van der Waals surface area contributed by atoms with Crippen molar-refractivity contribution in [2.45, 2.75) is 27.2 Å². The van der Waals surface area contributed by atoms with E-state index in [-0.39, 0.29) is 0 Å². The van der Waals surface area contributed by atoms with Crippen LogP contribution in [0.4, 0.5) is 0 Å². The van der Waals surface area contributed by atoms with Crippen molar-refractivity contribution in [2.75, 3.05) is 0 Å². The van der Waals surface area contributed by atoms with Crippen molar-refractivity contribution in [1.82, 2.24) is 0 Å². The van der Waals surface area contributed by atoms with Gasteiger partial charge < -0.3 is 5.11 Å². The molecule has 0 saturated heterocycles. The molecule has 0 unspecified atom stereocenters. The molecule has 1 N–H and O–H groups in total. The van der Waals surface area contributed by atoms with Gasteiger partial charge in [-0.15, -0.1) is 0 Å². The van der Waals surface area contributed by atoms with E-state index in [1.165, 1.54) is 5.56 Å².